The van der Waals surface area contributed by atoms with Crippen LogP contribution in [-0.4, -0.2) is 15.0 Å². The van der Waals surface area contributed by atoms with E-state index in [4.69, 9.17) is 22.7 Å². The van der Waals surface area contributed by atoms with E-state index in [1.54, 1.807) is 12.3 Å². The molecule has 3 rings (SSSR count). The average molecular weight is 295 g/mol. The van der Waals surface area contributed by atoms with Gasteiger partial charge in [0, 0.05) is 23.2 Å². The van der Waals surface area contributed by atoms with E-state index in [0.29, 0.717) is 16.6 Å². The highest BCUT2D eigenvalue weighted by atomic mass is 32.1. The summed E-state index contributed by atoms with van der Waals surface area (Å²) in [5.41, 5.74) is 8.15. The summed E-state index contributed by atoms with van der Waals surface area (Å²) in [7, 11) is 0. The van der Waals surface area contributed by atoms with Crippen molar-refractivity contribution in [2.45, 2.75) is 6.92 Å². The number of nitrogens with two attached hydrogens (primary N) is 1. The van der Waals surface area contributed by atoms with Crippen LogP contribution in [-0.2, 0) is 0 Å². The Balaban J connectivity index is 2.11. The van der Waals surface area contributed by atoms with Gasteiger partial charge in [0.2, 0.25) is 5.88 Å². The molecule has 0 aliphatic carbocycles. The van der Waals surface area contributed by atoms with Crippen LogP contribution < -0.4 is 10.5 Å². The van der Waals surface area contributed by atoms with Crippen LogP contribution in [0.4, 0.5) is 0 Å². The fourth-order valence-electron chi connectivity index (χ4n) is 2.10. The number of rotatable bonds is 3. The number of hydrogen-bond donors (Lipinski definition) is 1. The smallest absolute Gasteiger partial charge is 0.220 e. The molecular weight excluding hydrogens is 282 g/mol. The van der Waals surface area contributed by atoms with Gasteiger partial charge < -0.3 is 10.5 Å². The van der Waals surface area contributed by atoms with Crippen molar-refractivity contribution in [3.63, 3.8) is 0 Å². The molecule has 0 fully saturated rings. The number of hydrogen-bond acceptors (Lipinski definition) is 4. The predicted molar refractivity (Wildman–Crippen MR) is 86.7 cm³/mol. The minimum absolute atomic E-state index is 0.321. The quantitative estimate of drug-likeness (QED) is 0.751. The summed E-state index contributed by atoms with van der Waals surface area (Å²) >= 11 is 5.12. The minimum atomic E-state index is 0.321. The Morgan fingerprint density at radius 1 is 1.19 bits per heavy atom. The molecule has 0 saturated heterocycles. The molecule has 0 spiro atoms. The highest BCUT2D eigenvalue weighted by Gasteiger charge is 2.10. The summed E-state index contributed by atoms with van der Waals surface area (Å²) in [5.74, 6) is 1.11. The molecule has 0 aliphatic heterocycles. The molecule has 21 heavy (non-hydrogen) atoms. The molecule has 2 N–H and O–H groups in total. The standard InChI is InChI=1S/C16H13N3OS/c1-10-14(7-4-8-18-10)20-15-9-12(16(17)21)11-5-2-3-6-13(11)19-15/h2-9H,1H3,(H2,17,21). The number of benzene rings is 1. The van der Waals surface area contributed by atoms with Crippen LogP contribution in [0.2, 0.25) is 0 Å². The third-order valence-corrected chi connectivity index (χ3v) is 3.35. The second kappa shape index (κ2) is 5.46. The number of ether oxygens (including phenoxy) is 1. The molecule has 5 heteroatoms. The highest BCUT2D eigenvalue weighted by Crippen LogP contribution is 2.26. The molecule has 0 amide bonds. The van der Waals surface area contributed by atoms with Gasteiger partial charge in [-0.3, -0.25) is 4.98 Å². The summed E-state index contributed by atoms with van der Waals surface area (Å²) in [6.07, 6.45) is 1.72. The van der Waals surface area contributed by atoms with E-state index in [1.165, 1.54) is 0 Å². The van der Waals surface area contributed by atoms with Gasteiger partial charge in [-0.2, -0.15) is 0 Å². The molecule has 104 valence electrons. The third kappa shape index (κ3) is 2.68. The van der Waals surface area contributed by atoms with Crippen molar-refractivity contribution in [3.05, 3.63) is 59.9 Å². The van der Waals surface area contributed by atoms with Gasteiger partial charge in [-0.05, 0) is 25.1 Å². The molecule has 0 aliphatic rings. The van der Waals surface area contributed by atoms with Crippen LogP contribution in [0.5, 0.6) is 11.6 Å². The van der Waals surface area contributed by atoms with Gasteiger partial charge in [-0.1, -0.05) is 30.4 Å². The lowest BCUT2D eigenvalue weighted by Crippen LogP contribution is -2.10. The summed E-state index contributed by atoms with van der Waals surface area (Å²) in [6.45, 7) is 1.88. The second-order valence-corrected chi connectivity index (χ2v) is 5.02. The molecule has 2 heterocycles. The van der Waals surface area contributed by atoms with Crippen molar-refractivity contribution >= 4 is 28.1 Å². The van der Waals surface area contributed by atoms with Crippen molar-refractivity contribution < 1.29 is 4.74 Å². The van der Waals surface area contributed by atoms with E-state index in [-0.39, 0.29) is 0 Å². The summed E-state index contributed by atoms with van der Waals surface area (Å²) < 4.78 is 5.82. The van der Waals surface area contributed by atoms with Crippen molar-refractivity contribution in [1.29, 1.82) is 0 Å². The SMILES string of the molecule is Cc1ncccc1Oc1cc(C(N)=S)c2ccccc2n1. The van der Waals surface area contributed by atoms with E-state index < -0.39 is 0 Å². The molecule has 0 saturated carbocycles. The second-order valence-electron chi connectivity index (χ2n) is 4.58. The van der Waals surface area contributed by atoms with Crippen LogP contribution >= 0.6 is 12.2 Å². The molecule has 4 nitrogen and oxygen atoms in total. The zero-order valence-corrected chi connectivity index (χ0v) is 12.2. The zero-order valence-electron chi connectivity index (χ0n) is 11.4. The number of aryl methyl sites for hydroxylation is 1. The lowest BCUT2D eigenvalue weighted by molar-refractivity contribution is 0.458. The van der Waals surface area contributed by atoms with Gasteiger partial charge in [0.1, 0.15) is 4.99 Å². The highest BCUT2D eigenvalue weighted by molar-refractivity contribution is 7.80. The summed E-state index contributed by atoms with van der Waals surface area (Å²) in [4.78, 5) is 9.00. The minimum Gasteiger partial charge on any atom is -0.437 e. The van der Waals surface area contributed by atoms with Crippen molar-refractivity contribution in [2.75, 3.05) is 0 Å². The molecule has 2 aromatic heterocycles. The number of fused-ring (bicyclic) bond motifs is 1. The maximum absolute atomic E-state index is 5.82. The number of aromatic nitrogens is 2. The lowest BCUT2D eigenvalue weighted by Gasteiger charge is -2.10. The van der Waals surface area contributed by atoms with Crippen molar-refractivity contribution in [2.24, 2.45) is 5.73 Å². The van der Waals surface area contributed by atoms with Gasteiger partial charge in [0.05, 0.1) is 11.2 Å². The normalized spacial score (nSPS) is 10.5. The van der Waals surface area contributed by atoms with E-state index >= 15 is 0 Å². The van der Waals surface area contributed by atoms with Crippen LogP contribution in [0, 0.1) is 6.92 Å². The first kappa shape index (κ1) is 13.5. The number of pyridine rings is 2. The maximum Gasteiger partial charge on any atom is 0.220 e. The van der Waals surface area contributed by atoms with Gasteiger partial charge in [0.25, 0.3) is 0 Å². The Morgan fingerprint density at radius 3 is 2.76 bits per heavy atom. The first-order valence-corrected chi connectivity index (χ1v) is 6.85. The van der Waals surface area contributed by atoms with Crippen LogP contribution in [0.25, 0.3) is 10.9 Å². The zero-order chi connectivity index (χ0) is 14.8. The van der Waals surface area contributed by atoms with Gasteiger partial charge in [-0.15, -0.1) is 0 Å². The van der Waals surface area contributed by atoms with Crippen LogP contribution in [0.1, 0.15) is 11.3 Å². The fourth-order valence-corrected chi connectivity index (χ4v) is 2.27. The Hall–Kier alpha value is -2.53. The third-order valence-electron chi connectivity index (χ3n) is 3.13. The maximum atomic E-state index is 5.82. The summed E-state index contributed by atoms with van der Waals surface area (Å²) in [5, 5.41) is 0.917. The van der Waals surface area contributed by atoms with Crippen LogP contribution in [0.15, 0.2) is 48.7 Å². The average Bonchev–Trinajstić information content (AvgIpc) is 2.48. The van der Waals surface area contributed by atoms with Crippen molar-refractivity contribution in [3.8, 4) is 11.6 Å². The first-order valence-electron chi connectivity index (χ1n) is 6.44. The van der Waals surface area contributed by atoms with Gasteiger partial charge >= 0.3 is 0 Å². The van der Waals surface area contributed by atoms with E-state index in [0.717, 1.165) is 22.2 Å². The number of para-hydroxylation sites is 1. The van der Waals surface area contributed by atoms with Gasteiger partial charge in [0.15, 0.2) is 5.75 Å². The Bertz CT molecular complexity index is 833. The Kier molecular flexibility index (Phi) is 3.50. The molecular formula is C16H13N3OS. The Labute approximate surface area is 127 Å². The fraction of sp³-hybridized carbons (Fsp3) is 0.0625. The van der Waals surface area contributed by atoms with E-state index in [9.17, 15) is 0 Å². The van der Waals surface area contributed by atoms with Crippen molar-refractivity contribution in [1.82, 2.24) is 9.97 Å². The van der Waals surface area contributed by atoms with Crippen LogP contribution in [0.3, 0.4) is 0 Å². The van der Waals surface area contributed by atoms with E-state index in [2.05, 4.69) is 9.97 Å². The molecule has 0 bridgehead atoms. The monoisotopic (exact) mass is 295 g/mol. The van der Waals surface area contributed by atoms with Gasteiger partial charge in [-0.25, -0.2) is 4.98 Å². The first-order chi connectivity index (χ1) is 10.1. The lowest BCUT2D eigenvalue weighted by atomic mass is 10.1. The Morgan fingerprint density at radius 2 is 2.00 bits per heavy atom. The molecule has 0 atom stereocenters. The van der Waals surface area contributed by atoms with E-state index in [1.807, 2.05) is 43.3 Å². The number of thiocarbonyl (C=S) groups is 1. The predicted octanol–water partition coefficient (Wildman–Crippen LogP) is 3.36. The summed E-state index contributed by atoms with van der Waals surface area (Å²) in [6, 6.07) is 13.1. The largest absolute Gasteiger partial charge is 0.437 e. The molecule has 1 aromatic carbocycles. The topological polar surface area (TPSA) is 61.0 Å². The molecule has 3 aromatic rings. The number of nitrogens with zero attached hydrogens (tertiary/aromatic N) is 2. The molecule has 0 radical (unpaired) electrons. The molecule has 0 unspecified atom stereocenters.